The van der Waals surface area contributed by atoms with Gasteiger partial charge in [-0.15, -0.1) is 0 Å². The maximum absolute atomic E-state index is 14.5. The van der Waals surface area contributed by atoms with Crippen molar-refractivity contribution < 1.29 is 18.3 Å². The highest BCUT2D eigenvalue weighted by atomic mass is 127. The lowest BCUT2D eigenvalue weighted by Crippen LogP contribution is -2.19. The molecule has 0 fully saturated rings. The number of benzene rings is 2. The highest BCUT2D eigenvalue weighted by Crippen LogP contribution is 2.37. The van der Waals surface area contributed by atoms with Gasteiger partial charge in [0.25, 0.3) is 5.91 Å². The number of carbonyl (C=O) groups excluding carboxylic acids is 1. The topological polar surface area (TPSA) is 64.3 Å². The minimum absolute atomic E-state index is 0.0915. The molecule has 0 unspecified atom stereocenters. The highest BCUT2D eigenvalue weighted by molar-refractivity contribution is 14.1. The second kappa shape index (κ2) is 7.78. The summed E-state index contributed by atoms with van der Waals surface area (Å²) in [4.78, 5) is 11.9. The van der Waals surface area contributed by atoms with Crippen LogP contribution in [0.5, 0.6) is 5.75 Å². The first-order valence-corrected chi connectivity index (χ1v) is 8.38. The van der Waals surface area contributed by atoms with Gasteiger partial charge in [-0.25, -0.2) is 4.39 Å². The Balaban J connectivity index is 2.68. The number of ether oxygens (including phenoxy) is 1. The first-order chi connectivity index (χ1) is 11.4. The lowest BCUT2D eigenvalue weighted by molar-refractivity contribution is 0.0999. The summed E-state index contributed by atoms with van der Waals surface area (Å²) in [5, 5.41) is 2.77. The number of methoxy groups -OCH3 is 1. The van der Waals surface area contributed by atoms with E-state index in [1.165, 1.54) is 7.11 Å². The number of rotatable bonds is 6. The SMILES string of the molecule is CCCc1c(OC)c(F)c(F)c(Nc2ccc(I)cc2)c1C(N)=O. The third kappa shape index (κ3) is 3.61. The quantitative estimate of drug-likeness (QED) is 0.648. The van der Waals surface area contributed by atoms with E-state index in [1.54, 1.807) is 24.3 Å². The zero-order chi connectivity index (χ0) is 17.9. The molecular weight excluding hydrogens is 429 g/mol. The van der Waals surface area contributed by atoms with Crippen LogP contribution in [0.2, 0.25) is 0 Å². The van der Waals surface area contributed by atoms with Crippen molar-refractivity contribution in [3.05, 3.63) is 50.6 Å². The Hall–Kier alpha value is -1.90. The Labute approximate surface area is 152 Å². The molecule has 0 saturated carbocycles. The lowest BCUT2D eigenvalue weighted by Gasteiger charge is -2.19. The molecule has 0 radical (unpaired) electrons. The lowest BCUT2D eigenvalue weighted by atomic mass is 9.98. The number of anilines is 2. The summed E-state index contributed by atoms with van der Waals surface area (Å²) in [6, 6.07) is 7.01. The molecule has 7 heteroatoms. The van der Waals surface area contributed by atoms with Gasteiger partial charge in [0.1, 0.15) is 0 Å². The zero-order valence-corrected chi connectivity index (χ0v) is 15.4. The normalized spacial score (nSPS) is 10.5. The molecule has 0 aromatic heterocycles. The van der Waals surface area contributed by atoms with Crippen LogP contribution in [0.15, 0.2) is 24.3 Å². The molecule has 0 aliphatic carbocycles. The van der Waals surface area contributed by atoms with Crippen molar-refractivity contribution in [2.45, 2.75) is 19.8 Å². The molecule has 24 heavy (non-hydrogen) atoms. The van der Waals surface area contributed by atoms with E-state index < -0.39 is 17.5 Å². The van der Waals surface area contributed by atoms with E-state index >= 15 is 0 Å². The Morgan fingerprint density at radius 1 is 1.25 bits per heavy atom. The largest absolute Gasteiger partial charge is 0.493 e. The summed E-state index contributed by atoms with van der Waals surface area (Å²) in [7, 11) is 1.23. The van der Waals surface area contributed by atoms with Crippen LogP contribution in [0.4, 0.5) is 20.2 Å². The van der Waals surface area contributed by atoms with Gasteiger partial charge in [-0.1, -0.05) is 13.3 Å². The number of carbonyl (C=O) groups is 1. The minimum atomic E-state index is -1.20. The molecule has 0 saturated heterocycles. The van der Waals surface area contributed by atoms with Crippen LogP contribution in [0.1, 0.15) is 29.3 Å². The number of nitrogens with two attached hydrogens (primary N) is 1. The molecule has 0 bridgehead atoms. The summed E-state index contributed by atoms with van der Waals surface area (Å²) < 4.78 is 34.8. The average molecular weight is 446 g/mol. The molecule has 0 aliphatic heterocycles. The van der Waals surface area contributed by atoms with Crippen molar-refractivity contribution in [1.29, 1.82) is 0 Å². The third-order valence-electron chi connectivity index (χ3n) is 3.50. The fourth-order valence-electron chi connectivity index (χ4n) is 2.48. The molecule has 0 atom stereocenters. The molecule has 2 aromatic rings. The second-order valence-corrected chi connectivity index (χ2v) is 6.38. The molecule has 0 heterocycles. The van der Waals surface area contributed by atoms with E-state index in [1.807, 2.05) is 6.92 Å². The Kier molecular flexibility index (Phi) is 5.98. The van der Waals surface area contributed by atoms with E-state index in [0.717, 1.165) is 3.57 Å². The number of hydrogen-bond donors (Lipinski definition) is 2. The van der Waals surface area contributed by atoms with Gasteiger partial charge in [0.05, 0.1) is 18.4 Å². The zero-order valence-electron chi connectivity index (χ0n) is 13.3. The van der Waals surface area contributed by atoms with Crippen LogP contribution in [-0.2, 0) is 6.42 Å². The molecule has 1 amide bonds. The van der Waals surface area contributed by atoms with E-state index in [4.69, 9.17) is 10.5 Å². The van der Waals surface area contributed by atoms with E-state index in [9.17, 15) is 13.6 Å². The van der Waals surface area contributed by atoms with Gasteiger partial charge in [-0.05, 0) is 53.3 Å². The Morgan fingerprint density at radius 3 is 2.38 bits per heavy atom. The summed E-state index contributed by atoms with van der Waals surface area (Å²) in [5.41, 5.74) is 5.86. The highest BCUT2D eigenvalue weighted by Gasteiger charge is 2.27. The van der Waals surface area contributed by atoms with Crippen molar-refractivity contribution in [1.82, 2.24) is 0 Å². The van der Waals surface area contributed by atoms with Gasteiger partial charge in [-0.3, -0.25) is 4.79 Å². The van der Waals surface area contributed by atoms with Gasteiger partial charge in [-0.2, -0.15) is 4.39 Å². The molecule has 0 aliphatic rings. The Bertz CT molecular complexity index is 764. The van der Waals surface area contributed by atoms with Gasteiger partial charge < -0.3 is 15.8 Å². The number of primary amides is 1. The number of halogens is 3. The Morgan fingerprint density at radius 2 is 1.88 bits per heavy atom. The van der Waals surface area contributed by atoms with Crippen LogP contribution < -0.4 is 15.8 Å². The van der Waals surface area contributed by atoms with Gasteiger partial charge >= 0.3 is 0 Å². The van der Waals surface area contributed by atoms with E-state index in [-0.39, 0.29) is 22.6 Å². The average Bonchev–Trinajstić information content (AvgIpc) is 2.54. The van der Waals surface area contributed by atoms with E-state index in [0.29, 0.717) is 18.5 Å². The van der Waals surface area contributed by atoms with Crippen molar-refractivity contribution in [3.8, 4) is 5.75 Å². The summed E-state index contributed by atoms with van der Waals surface area (Å²) in [6.45, 7) is 1.86. The summed E-state index contributed by atoms with van der Waals surface area (Å²) in [6.07, 6.45) is 0.949. The standard InChI is InChI=1S/C17H17F2IN2O2/c1-3-4-11-12(17(21)23)15(13(18)14(19)16(11)24-2)22-10-7-5-9(20)6-8-10/h5-8,22H,3-4H2,1-2H3,(H2,21,23). The monoisotopic (exact) mass is 446 g/mol. The molecular formula is C17H17F2IN2O2. The van der Waals surface area contributed by atoms with Crippen LogP contribution >= 0.6 is 22.6 Å². The second-order valence-electron chi connectivity index (χ2n) is 5.14. The molecule has 2 aromatic carbocycles. The first-order valence-electron chi connectivity index (χ1n) is 7.30. The number of hydrogen-bond acceptors (Lipinski definition) is 3. The maximum Gasteiger partial charge on any atom is 0.251 e. The van der Waals surface area contributed by atoms with Crippen LogP contribution in [0, 0.1) is 15.2 Å². The van der Waals surface area contributed by atoms with Crippen LogP contribution in [-0.4, -0.2) is 13.0 Å². The molecule has 4 nitrogen and oxygen atoms in total. The molecule has 0 spiro atoms. The van der Waals surface area contributed by atoms with Crippen molar-refractivity contribution >= 4 is 39.9 Å². The van der Waals surface area contributed by atoms with Crippen molar-refractivity contribution in [3.63, 3.8) is 0 Å². The summed E-state index contributed by atoms with van der Waals surface area (Å²) in [5.74, 6) is -3.46. The summed E-state index contributed by atoms with van der Waals surface area (Å²) >= 11 is 2.13. The first kappa shape index (κ1) is 18.4. The minimum Gasteiger partial charge on any atom is -0.493 e. The molecule has 128 valence electrons. The third-order valence-corrected chi connectivity index (χ3v) is 4.22. The van der Waals surface area contributed by atoms with Gasteiger partial charge in [0.15, 0.2) is 11.6 Å². The predicted octanol–water partition coefficient (Wildman–Crippen LogP) is 4.37. The number of amides is 1. The fraction of sp³-hybridized carbons (Fsp3) is 0.235. The van der Waals surface area contributed by atoms with Crippen molar-refractivity contribution in [2.75, 3.05) is 12.4 Å². The van der Waals surface area contributed by atoms with Gasteiger partial charge in [0, 0.05) is 14.8 Å². The van der Waals surface area contributed by atoms with Crippen LogP contribution in [0.3, 0.4) is 0 Å². The van der Waals surface area contributed by atoms with E-state index in [2.05, 4.69) is 27.9 Å². The molecule has 2 rings (SSSR count). The van der Waals surface area contributed by atoms with Crippen molar-refractivity contribution in [2.24, 2.45) is 5.73 Å². The maximum atomic E-state index is 14.5. The van der Waals surface area contributed by atoms with Gasteiger partial charge in [0.2, 0.25) is 5.82 Å². The number of nitrogens with one attached hydrogen (secondary N) is 1. The predicted molar refractivity (Wildman–Crippen MR) is 97.9 cm³/mol. The van der Waals surface area contributed by atoms with Crippen LogP contribution in [0.25, 0.3) is 0 Å². The fourth-order valence-corrected chi connectivity index (χ4v) is 2.84. The molecule has 3 N–H and O–H groups in total. The smallest absolute Gasteiger partial charge is 0.251 e.